The summed E-state index contributed by atoms with van der Waals surface area (Å²) in [5.41, 5.74) is 1.67. The zero-order valence-corrected chi connectivity index (χ0v) is 19.3. The second-order valence-electron chi connectivity index (χ2n) is 8.89. The number of fused-ring (bicyclic) bond motifs is 2. The fourth-order valence-corrected chi connectivity index (χ4v) is 5.06. The van der Waals surface area contributed by atoms with Crippen LogP contribution >= 0.6 is 0 Å². The molecule has 33 heavy (non-hydrogen) atoms. The maximum Gasteiger partial charge on any atom is 0.255 e. The number of guanidine groups is 1. The third-order valence-electron chi connectivity index (χ3n) is 6.59. The molecule has 2 aromatic rings. The van der Waals surface area contributed by atoms with Crippen molar-refractivity contribution in [2.45, 2.75) is 57.3 Å². The zero-order chi connectivity index (χ0) is 23.0. The summed E-state index contributed by atoms with van der Waals surface area (Å²) in [6.45, 7) is 4.76. The Morgan fingerprint density at radius 1 is 1.03 bits per heavy atom. The van der Waals surface area contributed by atoms with E-state index >= 15 is 0 Å². The molecule has 2 atom stereocenters. The molecule has 2 bridgehead atoms. The number of aliphatic imine (C=N–C) groups is 1. The molecule has 2 aliphatic heterocycles. The fraction of sp³-hybridized carbons (Fsp3) is 0.462. The minimum Gasteiger partial charge on any atom is -0.507 e. The maximum atomic E-state index is 12.2. The second kappa shape index (κ2) is 11.2. The third kappa shape index (κ3) is 6.05. The van der Waals surface area contributed by atoms with Crippen molar-refractivity contribution >= 4 is 11.9 Å². The molecule has 1 amide bonds. The highest BCUT2D eigenvalue weighted by atomic mass is 16.3. The number of piperidine rings is 1. The molecule has 176 valence electrons. The van der Waals surface area contributed by atoms with Crippen LogP contribution in [0.25, 0.3) is 0 Å². The van der Waals surface area contributed by atoms with Crippen LogP contribution < -0.4 is 16.0 Å². The van der Waals surface area contributed by atoms with Crippen LogP contribution in [0.5, 0.6) is 5.75 Å². The molecule has 4 rings (SSSR count). The van der Waals surface area contributed by atoms with E-state index in [9.17, 15) is 9.90 Å². The molecule has 2 unspecified atom stereocenters. The molecule has 0 aliphatic carbocycles. The van der Waals surface area contributed by atoms with Gasteiger partial charge in [-0.2, -0.15) is 0 Å². The van der Waals surface area contributed by atoms with Crippen LogP contribution in [-0.4, -0.2) is 59.6 Å². The quantitative estimate of drug-likeness (QED) is 0.283. The van der Waals surface area contributed by atoms with Gasteiger partial charge in [-0.1, -0.05) is 42.5 Å². The minimum atomic E-state index is -0.288. The highest BCUT2D eigenvalue weighted by molar-refractivity contribution is 5.96. The van der Waals surface area contributed by atoms with Gasteiger partial charge < -0.3 is 21.1 Å². The van der Waals surface area contributed by atoms with E-state index in [1.807, 2.05) is 0 Å². The Balaban J connectivity index is 1.27. The van der Waals surface area contributed by atoms with E-state index in [1.54, 1.807) is 18.2 Å². The zero-order valence-electron chi connectivity index (χ0n) is 19.3. The van der Waals surface area contributed by atoms with Crippen molar-refractivity contribution in [3.05, 3.63) is 65.7 Å². The number of para-hydroxylation sites is 1. The Morgan fingerprint density at radius 2 is 1.73 bits per heavy atom. The van der Waals surface area contributed by atoms with Gasteiger partial charge in [0.05, 0.1) is 12.1 Å². The summed E-state index contributed by atoms with van der Waals surface area (Å²) in [7, 11) is 0. The number of phenols is 1. The van der Waals surface area contributed by atoms with Gasteiger partial charge in [0.25, 0.3) is 5.91 Å². The molecule has 2 saturated heterocycles. The van der Waals surface area contributed by atoms with Gasteiger partial charge in [-0.15, -0.1) is 0 Å². The number of nitrogens with one attached hydrogen (secondary N) is 3. The van der Waals surface area contributed by atoms with E-state index in [0.29, 0.717) is 31.2 Å². The van der Waals surface area contributed by atoms with Crippen molar-refractivity contribution in [1.29, 1.82) is 0 Å². The highest BCUT2D eigenvalue weighted by Gasteiger charge is 2.40. The van der Waals surface area contributed by atoms with Gasteiger partial charge >= 0.3 is 0 Å². The monoisotopic (exact) mass is 449 g/mol. The number of phenolic OH excluding ortho intramolecular Hbond substituents is 1. The van der Waals surface area contributed by atoms with Crippen molar-refractivity contribution in [1.82, 2.24) is 20.9 Å². The van der Waals surface area contributed by atoms with Crippen LogP contribution in [0, 0.1) is 0 Å². The van der Waals surface area contributed by atoms with Crippen LogP contribution in [-0.2, 0) is 6.54 Å². The number of amides is 1. The number of carbonyl (C=O) groups excluding carboxylic acids is 1. The highest BCUT2D eigenvalue weighted by Crippen LogP contribution is 2.36. The van der Waals surface area contributed by atoms with Crippen LogP contribution in [0.4, 0.5) is 0 Å². The third-order valence-corrected chi connectivity index (χ3v) is 6.59. The molecular weight excluding hydrogens is 414 g/mol. The molecule has 2 aromatic carbocycles. The largest absolute Gasteiger partial charge is 0.507 e. The number of benzene rings is 2. The van der Waals surface area contributed by atoms with Gasteiger partial charge in [-0.05, 0) is 50.3 Å². The maximum absolute atomic E-state index is 12.2. The molecule has 0 spiro atoms. The Morgan fingerprint density at radius 3 is 2.42 bits per heavy atom. The number of nitrogens with zero attached hydrogens (tertiary/aromatic N) is 2. The fourth-order valence-electron chi connectivity index (χ4n) is 5.06. The Labute approximate surface area is 196 Å². The SMILES string of the molecule is CCNC(=NCCNC(=O)c1ccccc1O)NC1CC2CCC(C1)N2Cc1ccccc1. The average molecular weight is 450 g/mol. The predicted molar refractivity (Wildman–Crippen MR) is 131 cm³/mol. The summed E-state index contributed by atoms with van der Waals surface area (Å²) >= 11 is 0. The summed E-state index contributed by atoms with van der Waals surface area (Å²) in [4.78, 5) is 19.6. The van der Waals surface area contributed by atoms with Crippen molar-refractivity contribution in [2.75, 3.05) is 19.6 Å². The first-order valence-electron chi connectivity index (χ1n) is 12.0. The van der Waals surface area contributed by atoms with Crippen LogP contribution in [0.1, 0.15) is 48.5 Å². The number of hydrogen-bond acceptors (Lipinski definition) is 4. The van der Waals surface area contributed by atoms with E-state index in [1.165, 1.54) is 24.5 Å². The molecule has 0 aromatic heterocycles. The van der Waals surface area contributed by atoms with Gasteiger partial charge in [0.2, 0.25) is 0 Å². The van der Waals surface area contributed by atoms with Gasteiger partial charge in [0.15, 0.2) is 5.96 Å². The lowest BCUT2D eigenvalue weighted by Crippen LogP contribution is -2.52. The normalized spacial score (nSPS) is 22.7. The van der Waals surface area contributed by atoms with Crippen LogP contribution in [0.3, 0.4) is 0 Å². The molecule has 4 N–H and O–H groups in total. The van der Waals surface area contributed by atoms with E-state index in [2.05, 4.69) is 63.1 Å². The smallest absolute Gasteiger partial charge is 0.255 e. The van der Waals surface area contributed by atoms with Gasteiger partial charge in [-0.25, -0.2) is 0 Å². The summed E-state index contributed by atoms with van der Waals surface area (Å²) in [5, 5.41) is 19.6. The number of carbonyl (C=O) groups is 1. The van der Waals surface area contributed by atoms with E-state index in [0.717, 1.165) is 31.9 Å². The summed E-state index contributed by atoms with van der Waals surface area (Å²) < 4.78 is 0. The Kier molecular flexibility index (Phi) is 7.83. The topological polar surface area (TPSA) is 89.0 Å². The van der Waals surface area contributed by atoms with E-state index < -0.39 is 0 Å². The molecule has 7 heteroatoms. The second-order valence-corrected chi connectivity index (χ2v) is 8.89. The van der Waals surface area contributed by atoms with Gasteiger partial charge in [0.1, 0.15) is 5.75 Å². The molecule has 0 saturated carbocycles. The summed E-state index contributed by atoms with van der Waals surface area (Å²) in [6.07, 6.45) is 4.78. The van der Waals surface area contributed by atoms with E-state index in [4.69, 9.17) is 0 Å². The first-order valence-corrected chi connectivity index (χ1v) is 12.0. The van der Waals surface area contributed by atoms with E-state index in [-0.39, 0.29) is 17.2 Å². The number of rotatable bonds is 8. The van der Waals surface area contributed by atoms with Crippen molar-refractivity contribution < 1.29 is 9.90 Å². The molecular formula is C26H35N5O2. The average Bonchev–Trinajstić information content (AvgIpc) is 3.05. The first-order chi connectivity index (χ1) is 16.1. The first kappa shape index (κ1) is 23.1. The predicted octanol–water partition coefficient (Wildman–Crippen LogP) is 2.87. The standard InChI is InChI=1S/C26H35N5O2/c1-2-27-26(29-15-14-28-25(33)23-10-6-7-11-24(23)32)30-20-16-21-12-13-22(17-20)31(21)18-19-8-4-3-5-9-19/h3-11,20-22,32H,2,12-18H2,1H3,(H,28,33)(H2,27,29,30). The molecule has 2 aliphatic rings. The lowest BCUT2D eigenvalue weighted by molar-refractivity contribution is 0.0952. The molecule has 7 nitrogen and oxygen atoms in total. The van der Waals surface area contributed by atoms with Gasteiger partial charge in [0, 0.05) is 37.8 Å². The Hall–Kier alpha value is -3.06. The van der Waals surface area contributed by atoms with Crippen molar-refractivity contribution in [2.24, 2.45) is 4.99 Å². The number of hydrogen-bond donors (Lipinski definition) is 4. The summed E-state index contributed by atoms with van der Waals surface area (Å²) in [6, 6.07) is 18.9. The molecule has 2 heterocycles. The van der Waals surface area contributed by atoms with Crippen LogP contribution in [0.15, 0.2) is 59.6 Å². The summed E-state index contributed by atoms with van der Waals surface area (Å²) in [5.74, 6) is 0.501. The molecule has 0 radical (unpaired) electrons. The molecule has 2 fully saturated rings. The lowest BCUT2D eigenvalue weighted by Gasteiger charge is -2.39. The van der Waals surface area contributed by atoms with Crippen LogP contribution in [0.2, 0.25) is 0 Å². The van der Waals surface area contributed by atoms with Gasteiger partial charge in [-0.3, -0.25) is 14.7 Å². The number of aromatic hydroxyl groups is 1. The minimum absolute atomic E-state index is 0.0123. The van der Waals surface area contributed by atoms with Crippen molar-refractivity contribution in [3.8, 4) is 5.75 Å². The lowest BCUT2D eigenvalue weighted by atomic mass is 9.96. The Bertz CT molecular complexity index is 935. The van der Waals surface area contributed by atoms with Crippen molar-refractivity contribution in [3.63, 3.8) is 0 Å².